The average Bonchev–Trinajstić information content (AvgIpc) is 2.09. The van der Waals surface area contributed by atoms with Crippen LogP contribution in [0.3, 0.4) is 0 Å². The van der Waals surface area contributed by atoms with Gasteiger partial charge in [-0.25, -0.2) is 0 Å². The predicted octanol–water partition coefficient (Wildman–Crippen LogP) is 0.897. The highest BCUT2D eigenvalue weighted by Crippen LogP contribution is 2.16. The number of allylic oxidation sites excluding steroid dienone is 4. The van der Waals surface area contributed by atoms with Crippen LogP contribution >= 0.6 is 0 Å². The lowest BCUT2D eigenvalue weighted by molar-refractivity contribution is 0.159. The fraction of sp³-hybridized carbons (Fsp3) is 0.222. The summed E-state index contributed by atoms with van der Waals surface area (Å²) < 4.78 is 4.89. The molecule has 0 fully saturated rings. The standard InChI is InChI=1S/C9H9NO2/c1-12-9-6-7(4-5-10)2-3-8(9)11/h2-4,6,8,11H,1H3/b7-4-. The zero-order valence-electron chi connectivity index (χ0n) is 6.69. The number of hydrogen-bond donors (Lipinski definition) is 1. The second-order valence-corrected chi connectivity index (χ2v) is 2.33. The Balaban J connectivity index is 2.88. The van der Waals surface area contributed by atoms with E-state index in [4.69, 9.17) is 10.00 Å². The quantitative estimate of drug-likeness (QED) is 0.584. The molecule has 1 atom stereocenters. The van der Waals surface area contributed by atoms with Crippen molar-refractivity contribution in [3.63, 3.8) is 0 Å². The average molecular weight is 163 g/mol. The van der Waals surface area contributed by atoms with Gasteiger partial charge in [-0.05, 0) is 17.7 Å². The topological polar surface area (TPSA) is 53.2 Å². The van der Waals surface area contributed by atoms with Crippen molar-refractivity contribution < 1.29 is 9.84 Å². The number of hydrogen-bond acceptors (Lipinski definition) is 3. The summed E-state index contributed by atoms with van der Waals surface area (Å²) in [4.78, 5) is 0. The van der Waals surface area contributed by atoms with E-state index in [0.29, 0.717) is 5.76 Å². The Kier molecular flexibility index (Phi) is 2.67. The lowest BCUT2D eigenvalue weighted by atomic mass is 10.1. The fourth-order valence-electron chi connectivity index (χ4n) is 0.939. The van der Waals surface area contributed by atoms with E-state index >= 15 is 0 Å². The highest BCUT2D eigenvalue weighted by Gasteiger charge is 2.11. The largest absolute Gasteiger partial charge is 0.498 e. The van der Waals surface area contributed by atoms with Crippen LogP contribution in [0.15, 0.2) is 35.6 Å². The summed E-state index contributed by atoms with van der Waals surface area (Å²) in [7, 11) is 1.48. The molecule has 0 heterocycles. The maximum Gasteiger partial charge on any atom is 0.129 e. The predicted molar refractivity (Wildman–Crippen MR) is 43.9 cm³/mol. The van der Waals surface area contributed by atoms with Gasteiger partial charge in [0.05, 0.1) is 13.2 Å². The number of nitriles is 1. The molecule has 1 aliphatic carbocycles. The first-order chi connectivity index (χ1) is 5.77. The number of nitrogens with zero attached hydrogens (tertiary/aromatic N) is 1. The van der Waals surface area contributed by atoms with Gasteiger partial charge in [0.15, 0.2) is 0 Å². The molecular formula is C9H9NO2. The molecule has 3 nitrogen and oxygen atoms in total. The molecule has 0 spiro atoms. The minimum absolute atomic E-state index is 0.457. The fourth-order valence-corrected chi connectivity index (χ4v) is 0.939. The summed E-state index contributed by atoms with van der Waals surface area (Å²) in [6.07, 6.45) is 5.58. The molecule has 0 aromatic rings. The van der Waals surface area contributed by atoms with Crippen molar-refractivity contribution >= 4 is 0 Å². The molecule has 0 saturated carbocycles. The van der Waals surface area contributed by atoms with Crippen LogP contribution in [-0.2, 0) is 4.74 Å². The number of aliphatic hydroxyl groups excluding tert-OH is 1. The van der Waals surface area contributed by atoms with Crippen LogP contribution in [0.1, 0.15) is 0 Å². The molecule has 1 rings (SSSR count). The minimum atomic E-state index is -0.689. The van der Waals surface area contributed by atoms with Gasteiger partial charge < -0.3 is 9.84 Å². The molecule has 0 amide bonds. The van der Waals surface area contributed by atoms with E-state index in [1.165, 1.54) is 13.2 Å². The Bertz CT molecular complexity index is 294. The normalized spacial score (nSPS) is 24.9. The summed E-state index contributed by atoms with van der Waals surface area (Å²) in [6.45, 7) is 0. The Morgan fingerprint density at radius 1 is 1.75 bits per heavy atom. The van der Waals surface area contributed by atoms with Crippen molar-refractivity contribution in [2.45, 2.75) is 6.10 Å². The number of ether oxygens (including phenoxy) is 1. The Labute approximate surface area is 70.9 Å². The molecule has 1 aliphatic rings. The van der Waals surface area contributed by atoms with E-state index in [0.717, 1.165) is 5.57 Å². The van der Waals surface area contributed by atoms with Gasteiger partial charge >= 0.3 is 0 Å². The molecule has 1 N–H and O–H groups in total. The summed E-state index contributed by atoms with van der Waals surface area (Å²) in [5.41, 5.74) is 0.736. The molecule has 0 saturated heterocycles. The monoisotopic (exact) mass is 163 g/mol. The van der Waals surface area contributed by atoms with Gasteiger partial charge in [0.1, 0.15) is 11.9 Å². The number of aliphatic hydroxyl groups is 1. The van der Waals surface area contributed by atoms with Gasteiger partial charge in [0.2, 0.25) is 0 Å². The molecule has 0 aromatic carbocycles. The Hall–Kier alpha value is -1.53. The zero-order valence-corrected chi connectivity index (χ0v) is 6.69. The lowest BCUT2D eigenvalue weighted by Gasteiger charge is -2.13. The van der Waals surface area contributed by atoms with Crippen LogP contribution in [0.2, 0.25) is 0 Å². The van der Waals surface area contributed by atoms with Gasteiger partial charge in [-0.3, -0.25) is 0 Å². The molecule has 62 valence electrons. The smallest absolute Gasteiger partial charge is 0.129 e. The van der Waals surface area contributed by atoms with Crippen LogP contribution in [0.4, 0.5) is 0 Å². The van der Waals surface area contributed by atoms with Gasteiger partial charge in [-0.1, -0.05) is 6.08 Å². The van der Waals surface area contributed by atoms with Gasteiger partial charge in [0.25, 0.3) is 0 Å². The third-order valence-corrected chi connectivity index (χ3v) is 1.54. The molecular weight excluding hydrogens is 154 g/mol. The lowest BCUT2D eigenvalue weighted by Crippen LogP contribution is -2.11. The van der Waals surface area contributed by atoms with Crippen molar-refractivity contribution in [1.82, 2.24) is 0 Å². The zero-order chi connectivity index (χ0) is 8.97. The first-order valence-corrected chi connectivity index (χ1v) is 3.49. The molecule has 0 radical (unpaired) electrons. The minimum Gasteiger partial charge on any atom is -0.498 e. The van der Waals surface area contributed by atoms with Gasteiger partial charge in [0, 0.05) is 6.08 Å². The third kappa shape index (κ3) is 1.74. The van der Waals surface area contributed by atoms with E-state index in [1.807, 2.05) is 6.07 Å². The van der Waals surface area contributed by atoms with E-state index < -0.39 is 6.10 Å². The second-order valence-electron chi connectivity index (χ2n) is 2.33. The first kappa shape index (κ1) is 8.57. The molecule has 3 heteroatoms. The summed E-state index contributed by atoms with van der Waals surface area (Å²) in [6, 6.07) is 1.90. The Morgan fingerprint density at radius 2 is 2.50 bits per heavy atom. The van der Waals surface area contributed by atoms with Crippen molar-refractivity contribution in [2.75, 3.05) is 7.11 Å². The summed E-state index contributed by atoms with van der Waals surface area (Å²) >= 11 is 0. The SMILES string of the molecule is COC1=C/C(=C\C#N)C=CC1O. The van der Waals surface area contributed by atoms with Gasteiger partial charge in [-0.15, -0.1) is 0 Å². The van der Waals surface area contributed by atoms with Gasteiger partial charge in [-0.2, -0.15) is 5.26 Å². The van der Waals surface area contributed by atoms with E-state index in [-0.39, 0.29) is 0 Å². The third-order valence-electron chi connectivity index (χ3n) is 1.54. The molecule has 1 unspecified atom stereocenters. The first-order valence-electron chi connectivity index (χ1n) is 3.49. The molecule has 12 heavy (non-hydrogen) atoms. The van der Waals surface area contributed by atoms with Crippen LogP contribution < -0.4 is 0 Å². The van der Waals surface area contributed by atoms with Crippen molar-refractivity contribution in [3.05, 3.63) is 35.6 Å². The highest BCUT2D eigenvalue weighted by atomic mass is 16.5. The van der Waals surface area contributed by atoms with Crippen molar-refractivity contribution in [3.8, 4) is 6.07 Å². The summed E-state index contributed by atoms with van der Waals surface area (Å²) in [5, 5.41) is 17.6. The van der Waals surface area contributed by atoms with Crippen LogP contribution in [0, 0.1) is 11.3 Å². The molecule has 0 aromatic heterocycles. The van der Waals surface area contributed by atoms with Crippen LogP contribution in [-0.4, -0.2) is 18.3 Å². The number of rotatable bonds is 1. The summed E-state index contributed by atoms with van der Waals surface area (Å²) in [5.74, 6) is 0.457. The van der Waals surface area contributed by atoms with Crippen LogP contribution in [0.25, 0.3) is 0 Å². The van der Waals surface area contributed by atoms with Crippen LogP contribution in [0.5, 0.6) is 0 Å². The van der Waals surface area contributed by atoms with E-state index in [9.17, 15) is 5.11 Å². The maximum absolute atomic E-state index is 9.26. The number of methoxy groups -OCH3 is 1. The van der Waals surface area contributed by atoms with Crippen molar-refractivity contribution in [1.29, 1.82) is 5.26 Å². The molecule has 0 aliphatic heterocycles. The second kappa shape index (κ2) is 3.74. The van der Waals surface area contributed by atoms with Crippen molar-refractivity contribution in [2.24, 2.45) is 0 Å². The molecule has 0 bridgehead atoms. The Morgan fingerprint density at radius 3 is 3.08 bits per heavy atom. The van der Waals surface area contributed by atoms with E-state index in [1.54, 1.807) is 18.2 Å². The maximum atomic E-state index is 9.26. The highest BCUT2D eigenvalue weighted by molar-refractivity contribution is 5.41. The van der Waals surface area contributed by atoms with E-state index in [2.05, 4.69) is 0 Å².